The van der Waals surface area contributed by atoms with E-state index in [1.54, 1.807) is 18.3 Å². The summed E-state index contributed by atoms with van der Waals surface area (Å²) in [5.41, 5.74) is 1.07. The van der Waals surface area contributed by atoms with E-state index in [9.17, 15) is 4.39 Å². The first-order valence-electron chi connectivity index (χ1n) is 5.62. The topological polar surface area (TPSA) is 29.9 Å². The molecule has 0 saturated carbocycles. The molecule has 2 aromatic rings. The van der Waals surface area contributed by atoms with Crippen LogP contribution in [0.2, 0.25) is 0 Å². The van der Waals surface area contributed by atoms with Crippen LogP contribution in [0, 0.1) is 5.82 Å². The molecule has 0 aliphatic rings. The number of imidazole rings is 1. The first-order valence-corrected chi connectivity index (χ1v) is 5.62. The van der Waals surface area contributed by atoms with Crippen LogP contribution >= 0.6 is 0 Å². The third kappa shape index (κ3) is 2.91. The average Bonchev–Trinajstić information content (AvgIpc) is 2.73. The van der Waals surface area contributed by atoms with Crippen molar-refractivity contribution in [3.8, 4) is 0 Å². The van der Waals surface area contributed by atoms with Gasteiger partial charge in [-0.15, -0.1) is 0 Å². The Morgan fingerprint density at radius 1 is 1.35 bits per heavy atom. The lowest BCUT2D eigenvalue weighted by Gasteiger charge is -2.14. The predicted molar refractivity (Wildman–Crippen MR) is 64.9 cm³/mol. The van der Waals surface area contributed by atoms with Gasteiger partial charge in [-0.25, -0.2) is 9.37 Å². The SMILES string of the molecule is C[C@@H](NCc1nccn1C)c1ccc(F)cc1. The van der Waals surface area contributed by atoms with E-state index in [1.165, 1.54) is 12.1 Å². The second-order valence-electron chi connectivity index (χ2n) is 4.11. The van der Waals surface area contributed by atoms with E-state index in [-0.39, 0.29) is 11.9 Å². The van der Waals surface area contributed by atoms with Gasteiger partial charge in [0.1, 0.15) is 11.6 Å². The predicted octanol–water partition coefficient (Wildman–Crippen LogP) is 2.41. The molecule has 90 valence electrons. The van der Waals surface area contributed by atoms with Crippen molar-refractivity contribution >= 4 is 0 Å². The van der Waals surface area contributed by atoms with Crippen molar-refractivity contribution in [1.82, 2.24) is 14.9 Å². The molecule has 0 aliphatic carbocycles. The standard InChI is InChI=1S/C13H16FN3/c1-10(11-3-5-12(14)6-4-11)16-9-13-15-7-8-17(13)2/h3-8,10,16H,9H2,1-2H3/t10-/m1/s1. The minimum Gasteiger partial charge on any atom is -0.337 e. The maximum Gasteiger partial charge on any atom is 0.123 e. The van der Waals surface area contributed by atoms with Crippen LogP contribution in [0.1, 0.15) is 24.4 Å². The van der Waals surface area contributed by atoms with Crippen molar-refractivity contribution in [2.75, 3.05) is 0 Å². The van der Waals surface area contributed by atoms with E-state index >= 15 is 0 Å². The Morgan fingerprint density at radius 2 is 2.06 bits per heavy atom. The summed E-state index contributed by atoms with van der Waals surface area (Å²) in [5.74, 6) is 0.781. The maximum atomic E-state index is 12.8. The zero-order chi connectivity index (χ0) is 12.3. The zero-order valence-electron chi connectivity index (χ0n) is 10.0. The normalized spacial score (nSPS) is 12.6. The highest BCUT2D eigenvalue weighted by Crippen LogP contribution is 2.13. The molecule has 0 amide bonds. The number of aromatic nitrogens is 2. The highest BCUT2D eigenvalue weighted by Gasteiger charge is 2.06. The maximum absolute atomic E-state index is 12.8. The van der Waals surface area contributed by atoms with E-state index in [0.717, 1.165) is 11.4 Å². The van der Waals surface area contributed by atoms with Gasteiger partial charge in [-0.3, -0.25) is 0 Å². The monoisotopic (exact) mass is 233 g/mol. The fraction of sp³-hybridized carbons (Fsp3) is 0.308. The second kappa shape index (κ2) is 5.10. The van der Waals surface area contributed by atoms with Crippen LogP contribution < -0.4 is 5.32 Å². The molecule has 1 heterocycles. The number of rotatable bonds is 4. The Kier molecular flexibility index (Phi) is 3.54. The van der Waals surface area contributed by atoms with Crippen LogP contribution in [0.3, 0.4) is 0 Å². The Morgan fingerprint density at radius 3 is 2.65 bits per heavy atom. The van der Waals surface area contributed by atoms with Crippen molar-refractivity contribution in [1.29, 1.82) is 0 Å². The van der Waals surface area contributed by atoms with Gasteiger partial charge in [0.05, 0.1) is 6.54 Å². The van der Waals surface area contributed by atoms with Gasteiger partial charge in [-0.2, -0.15) is 0 Å². The van der Waals surface area contributed by atoms with Crippen molar-refractivity contribution in [3.63, 3.8) is 0 Å². The van der Waals surface area contributed by atoms with Crippen LogP contribution in [0.5, 0.6) is 0 Å². The molecule has 0 radical (unpaired) electrons. The van der Waals surface area contributed by atoms with Gasteiger partial charge < -0.3 is 9.88 Å². The van der Waals surface area contributed by atoms with Crippen molar-refractivity contribution < 1.29 is 4.39 Å². The Balaban J connectivity index is 1.95. The fourth-order valence-corrected chi connectivity index (χ4v) is 1.68. The first kappa shape index (κ1) is 11.8. The van der Waals surface area contributed by atoms with Crippen molar-refractivity contribution in [2.45, 2.75) is 19.5 Å². The van der Waals surface area contributed by atoms with Gasteiger partial charge in [0, 0.05) is 25.5 Å². The summed E-state index contributed by atoms with van der Waals surface area (Å²) in [5, 5.41) is 3.36. The summed E-state index contributed by atoms with van der Waals surface area (Å²) >= 11 is 0. The van der Waals surface area contributed by atoms with Gasteiger partial charge in [-0.1, -0.05) is 12.1 Å². The summed E-state index contributed by atoms with van der Waals surface area (Å²) in [4.78, 5) is 4.24. The number of nitrogens with one attached hydrogen (secondary N) is 1. The molecule has 0 bridgehead atoms. The lowest BCUT2D eigenvalue weighted by Crippen LogP contribution is -2.20. The fourth-order valence-electron chi connectivity index (χ4n) is 1.68. The van der Waals surface area contributed by atoms with Crippen LogP contribution in [-0.2, 0) is 13.6 Å². The number of hydrogen-bond donors (Lipinski definition) is 1. The molecule has 0 fully saturated rings. The summed E-state index contributed by atoms with van der Waals surface area (Å²) in [6.45, 7) is 2.75. The summed E-state index contributed by atoms with van der Waals surface area (Å²) in [7, 11) is 1.96. The van der Waals surface area contributed by atoms with Gasteiger partial charge in [-0.05, 0) is 24.6 Å². The van der Waals surface area contributed by atoms with E-state index in [2.05, 4.69) is 17.2 Å². The number of aryl methyl sites for hydroxylation is 1. The lowest BCUT2D eigenvalue weighted by molar-refractivity contribution is 0.547. The average molecular weight is 233 g/mol. The van der Waals surface area contributed by atoms with Crippen LogP contribution in [0.15, 0.2) is 36.7 Å². The van der Waals surface area contributed by atoms with E-state index < -0.39 is 0 Å². The molecule has 4 heteroatoms. The molecular weight excluding hydrogens is 217 g/mol. The van der Waals surface area contributed by atoms with Gasteiger partial charge in [0.15, 0.2) is 0 Å². The zero-order valence-corrected chi connectivity index (χ0v) is 10.0. The van der Waals surface area contributed by atoms with E-state index in [0.29, 0.717) is 6.54 Å². The van der Waals surface area contributed by atoms with Crippen molar-refractivity contribution in [3.05, 3.63) is 53.9 Å². The third-order valence-electron chi connectivity index (χ3n) is 2.86. The minimum absolute atomic E-state index is 0.173. The number of nitrogens with zero attached hydrogens (tertiary/aromatic N) is 2. The van der Waals surface area contributed by atoms with E-state index in [4.69, 9.17) is 0 Å². The van der Waals surface area contributed by atoms with Crippen molar-refractivity contribution in [2.24, 2.45) is 7.05 Å². The molecular formula is C13H16FN3. The van der Waals surface area contributed by atoms with Gasteiger partial charge in [0.25, 0.3) is 0 Å². The molecule has 0 saturated heterocycles. The molecule has 1 aromatic heterocycles. The molecule has 2 rings (SSSR count). The summed E-state index contributed by atoms with van der Waals surface area (Å²) in [6.07, 6.45) is 3.69. The van der Waals surface area contributed by atoms with E-state index in [1.807, 2.05) is 17.8 Å². The van der Waals surface area contributed by atoms with Gasteiger partial charge >= 0.3 is 0 Å². The molecule has 0 aliphatic heterocycles. The minimum atomic E-state index is -0.204. The second-order valence-corrected chi connectivity index (χ2v) is 4.11. The lowest BCUT2D eigenvalue weighted by atomic mass is 10.1. The summed E-state index contributed by atoms with van der Waals surface area (Å²) < 4.78 is 14.8. The molecule has 0 unspecified atom stereocenters. The highest BCUT2D eigenvalue weighted by atomic mass is 19.1. The quantitative estimate of drug-likeness (QED) is 0.878. The van der Waals surface area contributed by atoms with Gasteiger partial charge in [0.2, 0.25) is 0 Å². The Labute approximate surface area is 100 Å². The molecule has 1 atom stereocenters. The Bertz CT molecular complexity index is 476. The molecule has 1 N–H and O–H groups in total. The molecule has 17 heavy (non-hydrogen) atoms. The molecule has 0 spiro atoms. The first-order chi connectivity index (χ1) is 8.16. The largest absolute Gasteiger partial charge is 0.337 e. The molecule has 3 nitrogen and oxygen atoms in total. The number of benzene rings is 1. The Hall–Kier alpha value is -1.68. The molecule has 1 aromatic carbocycles. The smallest absolute Gasteiger partial charge is 0.123 e. The number of halogens is 1. The van der Waals surface area contributed by atoms with Crippen LogP contribution in [0.25, 0.3) is 0 Å². The highest BCUT2D eigenvalue weighted by molar-refractivity contribution is 5.19. The van der Waals surface area contributed by atoms with Crippen LogP contribution in [0.4, 0.5) is 4.39 Å². The third-order valence-corrected chi connectivity index (χ3v) is 2.86. The number of hydrogen-bond acceptors (Lipinski definition) is 2. The van der Waals surface area contributed by atoms with Crippen LogP contribution in [-0.4, -0.2) is 9.55 Å². The summed E-state index contributed by atoms with van der Waals surface area (Å²) in [6, 6.07) is 6.73.